The predicted octanol–water partition coefficient (Wildman–Crippen LogP) is 2.02. The molecule has 1 atom stereocenters. The lowest BCUT2D eigenvalue weighted by molar-refractivity contribution is 0.00578. The minimum atomic E-state index is -0.278. The Morgan fingerprint density at radius 3 is 1.60 bits per heavy atom. The van der Waals surface area contributed by atoms with Crippen LogP contribution >= 0.6 is 12.4 Å². The van der Waals surface area contributed by atoms with Gasteiger partial charge in [0, 0.05) is 5.94 Å². The molecular weight excluding hydrogens is 212 g/mol. The SMILES string of the molecule is CC(C)[C@H](N)B1OC(C)(C)C(C)(C)O1.Cl. The summed E-state index contributed by atoms with van der Waals surface area (Å²) in [6, 6.07) is 0. The summed E-state index contributed by atoms with van der Waals surface area (Å²) >= 11 is 0. The summed E-state index contributed by atoms with van der Waals surface area (Å²) in [5, 5.41) is 0. The van der Waals surface area contributed by atoms with E-state index in [1.165, 1.54) is 0 Å². The third-order valence-corrected chi connectivity index (χ3v) is 3.36. The molecule has 0 bridgehead atoms. The van der Waals surface area contributed by atoms with Crippen molar-refractivity contribution in [1.29, 1.82) is 0 Å². The van der Waals surface area contributed by atoms with Gasteiger partial charge in [0.05, 0.1) is 11.2 Å². The average Bonchev–Trinajstić information content (AvgIpc) is 2.20. The molecule has 5 heteroatoms. The minimum absolute atomic E-state index is 0. The lowest BCUT2D eigenvalue weighted by atomic mass is 9.73. The molecule has 0 aromatic rings. The third-order valence-electron chi connectivity index (χ3n) is 3.36. The Labute approximate surface area is 99.6 Å². The van der Waals surface area contributed by atoms with Crippen LogP contribution in [0.25, 0.3) is 0 Å². The van der Waals surface area contributed by atoms with Gasteiger partial charge in [0.15, 0.2) is 0 Å². The maximum atomic E-state index is 6.01. The number of hydrogen-bond donors (Lipinski definition) is 1. The Morgan fingerprint density at radius 2 is 1.33 bits per heavy atom. The van der Waals surface area contributed by atoms with E-state index in [1.54, 1.807) is 0 Å². The normalized spacial score (nSPS) is 25.2. The van der Waals surface area contributed by atoms with E-state index in [9.17, 15) is 0 Å². The van der Waals surface area contributed by atoms with Crippen LogP contribution in [0.4, 0.5) is 0 Å². The highest BCUT2D eigenvalue weighted by atomic mass is 35.5. The highest BCUT2D eigenvalue weighted by Gasteiger charge is 2.53. The third kappa shape index (κ3) is 2.87. The zero-order valence-electron chi connectivity index (χ0n) is 10.5. The van der Waals surface area contributed by atoms with Crippen molar-refractivity contribution < 1.29 is 9.31 Å². The zero-order valence-corrected chi connectivity index (χ0v) is 11.4. The second-order valence-corrected chi connectivity index (χ2v) is 5.45. The fourth-order valence-electron chi connectivity index (χ4n) is 1.36. The van der Waals surface area contributed by atoms with Crippen molar-refractivity contribution in [2.45, 2.75) is 58.7 Å². The van der Waals surface area contributed by atoms with Crippen LogP contribution in [-0.4, -0.2) is 24.3 Å². The predicted molar refractivity (Wildman–Crippen MR) is 66.1 cm³/mol. The van der Waals surface area contributed by atoms with Crippen molar-refractivity contribution in [3.63, 3.8) is 0 Å². The number of hydrogen-bond acceptors (Lipinski definition) is 3. The highest BCUT2D eigenvalue weighted by Crippen LogP contribution is 2.37. The standard InChI is InChI=1S/C10H22BNO2.ClH/c1-7(2)8(12)11-13-9(3,4)10(5,6)14-11;/h7-8H,12H2,1-6H3;1H/t8-;/m0./s1. The van der Waals surface area contributed by atoms with Gasteiger partial charge in [-0.3, -0.25) is 0 Å². The van der Waals surface area contributed by atoms with Crippen LogP contribution in [0.3, 0.4) is 0 Å². The van der Waals surface area contributed by atoms with Gasteiger partial charge in [-0.15, -0.1) is 12.4 Å². The summed E-state index contributed by atoms with van der Waals surface area (Å²) in [5.74, 6) is 0.306. The van der Waals surface area contributed by atoms with Gasteiger partial charge in [0.1, 0.15) is 0 Å². The molecule has 0 aliphatic carbocycles. The lowest BCUT2D eigenvalue weighted by Gasteiger charge is -2.32. The van der Waals surface area contributed by atoms with Crippen LogP contribution in [0.5, 0.6) is 0 Å². The minimum Gasteiger partial charge on any atom is -0.402 e. The van der Waals surface area contributed by atoms with E-state index in [4.69, 9.17) is 15.0 Å². The Balaban J connectivity index is 0.00000196. The van der Waals surface area contributed by atoms with Gasteiger partial charge in [0.2, 0.25) is 0 Å². The Kier molecular flexibility index (Phi) is 4.69. The molecule has 0 unspecified atom stereocenters. The molecule has 3 nitrogen and oxygen atoms in total. The first-order valence-electron chi connectivity index (χ1n) is 5.28. The van der Waals surface area contributed by atoms with Gasteiger partial charge < -0.3 is 15.0 Å². The molecule has 0 aromatic carbocycles. The number of rotatable bonds is 2. The van der Waals surface area contributed by atoms with E-state index in [0.29, 0.717) is 5.92 Å². The van der Waals surface area contributed by atoms with Gasteiger partial charge >= 0.3 is 7.12 Å². The van der Waals surface area contributed by atoms with Crippen molar-refractivity contribution in [3.05, 3.63) is 0 Å². The molecule has 1 aliphatic rings. The van der Waals surface area contributed by atoms with E-state index in [2.05, 4.69) is 13.8 Å². The molecule has 0 spiro atoms. The fourth-order valence-corrected chi connectivity index (χ4v) is 1.36. The Hall–Kier alpha value is 0.235. The van der Waals surface area contributed by atoms with Gasteiger partial charge in [-0.2, -0.15) is 0 Å². The first kappa shape index (κ1) is 15.2. The highest BCUT2D eigenvalue weighted by molar-refractivity contribution is 6.47. The second kappa shape index (κ2) is 4.62. The maximum absolute atomic E-state index is 6.01. The molecule has 2 N–H and O–H groups in total. The van der Waals surface area contributed by atoms with E-state index < -0.39 is 0 Å². The van der Waals surface area contributed by atoms with Gasteiger partial charge in [-0.1, -0.05) is 13.8 Å². The molecule has 0 aromatic heterocycles. The van der Waals surface area contributed by atoms with Crippen LogP contribution in [0.2, 0.25) is 0 Å². The average molecular weight is 236 g/mol. The van der Waals surface area contributed by atoms with E-state index >= 15 is 0 Å². The largest absolute Gasteiger partial charge is 0.476 e. The van der Waals surface area contributed by atoms with E-state index in [1.807, 2.05) is 27.7 Å². The summed E-state index contributed by atoms with van der Waals surface area (Å²) in [7, 11) is -0.278. The summed E-state index contributed by atoms with van der Waals surface area (Å²) in [6.45, 7) is 12.3. The molecule has 0 amide bonds. The van der Waals surface area contributed by atoms with Crippen molar-refractivity contribution in [1.82, 2.24) is 0 Å². The van der Waals surface area contributed by atoms with Crippen LogP contribution < -0.4 is 5.73 Å². The molecule has 1 aliphatic heterocycles. The quantitative estimate of drug-likeness (QED) is 0.745. The van der Waals surface area contributed by atoms with Crippen LogP contribution in [0.1, 0.15) is 41.5 Å². The topological polar surface area (TPSA) is 44.5 Å². The van der Waals surface area contributed by atoms with E-state index in [-0.39, 0.29) is 36.7 Å². The summed E-state index contributed by atoms with van der Waals surface area (Å²) in [5.41, 5.74) is 5.47. The van der Waals surface area contributed by atoms with Crippen molar-refractivity contribution in [2.24, 2.45) is 11.7 Å². The maximum Gasteiger partial charge on any atom is 0.476 e. The van der Waals surface area contributed by atoms with Crippen LogP contribution in [0.15, 0.2) is 0 Å². The molecular formula is C10H23BClNO2. The molecule has 1 saturated heterocycles. The summed E-state index contributed by atoms with van der Waals surface area (Å²) in [6.07, 6.45) is 0. The first-order valence-corrected chi connectivity index (χ1v) is 5.28. The molecule has 0 radical (unpaired) electrons. The zero-order chi connectivity index (χ0) is 11.1. The smallest absolute Gasteiger partial charge is 0.402 e. The fraction of sp³-hybridized carbons (Fsp3) is 1.00. The summed E-state index contributed by atoms with van der Waals surface area (Å²) < 4.78 is 11.7. The van der Waals surface area contributed by atoms with Gasteiger partial charge in [-0.05, 0) is 33.6 Å². The molecule has 1 heterocycles. The number of nitrogens with two attached hydrogens (primary N) is 1. The monoisotopic (exact) mass is 235 g/mol. The summed E-state index contributed by atoms with van der Waals surface area (Å²) in [4.78, 5) is 0. The first-order chi connectivity index (χ1) is 6.17. The van der Waals surface area contributed by atoms with Crippen molar-refractivity contribution >= 4 is 19.5 Å². The Bertz CT molecular complexity index is 205. The second-order valence-electron chi connectivity index (χ2n) is 5.45. The van der Waals surface area contributed by atoms with Crippen molar-refractivity contribution in [2.75, 3.05) is 0 Å². The Morgan fingerprint density at radius 1 is 1.00 bits per heavy atom. The van der Waals surface area contributed by atoms with Gasteiger partial charge in [-0.25, -0.2) is 0 Å². The molecule has 15 heavy (non-hydrogen) atoms. The number of halogens is 1. The molecule has 0 saturated carbocycles. The van der Waals surface area contributed by atoms with Crippen LogP contribution in [-0.2, 0) is 9.31 Å². The molecule has 1 rings (SSSR count). The van der Waals surface area contributed by atoms with Crippen LogP contribution in [0, 0.1) is 5.92 Å². The van der Waals surface area contributed by atoms with E-state index in [0.717, 1.165) is 0 Å². The van der Waals surface area contributed by atoms with Gasteiger partial charge in [0.25, 0.3) is 0 Å². The molecule has 90 valence electrons. The molecule has 1 fully saturated rings. The van der Waals surface area contributed by atoms with Crippen molar-refractivity contribution in [3.8, 4) is 0 Å². The lowest BCUT2D eigenvalue weighted by Crippen LogP contribution is -2.45.